The van der Waals surface area contributed by atoms with Crippen molar-refractivity contribution in [2.75, 3.05) is 20.8 Å². The Labute approximate surface area is 240 Å². The van der Waals surface area contributed by atoms with E-state index in [2.05, 4.69) is 15.0 Å². The van der Waals surface area contributed by atoms with Crippen molar-refractivity contribution >= 4 is 40.0 Å². The van der Waals surface area contributed by atoms with Crippen LogP contribution in [0.3, 0.4) is 0 Å². The molecular formula is C29H25Cl2N5O4. The lowest BCUT2D eigenvalue weighted by Gasteiger charge is -2.21. The predicted molar refractivity (Wildman–Crippen MR) is 154 cm³/mol. The van der Waals surface area contributed by atoms with Crippen LogP contribution in [0.2, 0.25) is 10.2 Å². The molecule has 40 heavy (non-hydrogen) atoms. The second-order valence-electron chi connectivity index (χ2n) is 9.09. The molecule has 204 valence electrons. The molecule has 1 unspecified atom stereocenters. The highest BCUT2D eigenvalue weighted by Crippen LogP contribution is 2.36. The zero-order valence-electron chi connectivity index (χ0n) is 21.8. The number of fused-ring (bicyclic) bond motifs is 1. The SMILES string of the molecule is COCCC(C(=O)Cc1ccc2nccnc2c1)n1cc(OC)c(-c2cc(Cl)ccc2-n2cnc(Cl)c2)cc1=O. The molecule has 0 aliphatic rings. The molecule has 5 rings (SSSR count). The molecule has 0 fully saturated rings. The average molecular weight is 578 g/mol. The molecule has 2 aromatic carbocycles. The molecule has 3 heterocycles. The molecule has 0 bridgehead atoms. The van der Waals surface area contributed by atoms with Gasteiger partial charge in [-0.3, -0.25) is 19.6 Å². The van der Waals surface area contributed by atoms with Crippen molar-refractivity contribution < 1.29 is 14.3 Å². The van der Waals surface area contributed by atoms with Gasteiger partial charge in [0.2, 0.25) is 0 Å². The fourth-order valence-electron chi connectivity index (χ4n) is 4.65. The number of hydrogen-bond acceptors (Lipinski definition) is 7. The number of carbonyl (C=O) groups is 1. The minimum absolute atomic E-state index is 0.108. The van der Waals surface area contributed by atoms with Crippen molar-refractivity contribution in [3.8, 4) is 22.6 Å². The maximum atomic E-state index is 13.6. The fourth-order valence-corrected chi connectivity index (χ4v) is 4.97. The number of halogens is 2. The van der Waals surface area contributed by atoms with Crippen LogP contribution in [0, 0.1) is 0 Å². The largest absolute Gasteiger partial charge is 0.495 e. The van der Waals surface area contributed by atoms with Gasteiger partial charge in [-0.2, -0.15) is 0 Å². The van der Waals surface area contributed by atoms with Gasteiger partial charge in [-0.25, -0.2) is 4.98 Å². The number of rotatable bonds is 10. The highest BCUT2D eigenvalue weighted by molar-refractivity contribution is 6.31. The number of ether oxygens (including phenoxy) is 2. The molecule has 0 saturated heterocycles. The molecule has 0 aliphatic heterocycles. The van der Waals surface area contributed by atoms with Crippen LogP contribution >= 0.6 is 23.2 Å². The molecule has 0 saturated carbocycles. The van der Waals surface area contributed by atoms with E-state index < -0.39 is 6.04 Å². The maximum absolute atomic E-state index is 13.6. The number of hydrogen-bond donors (Lipinski definition) is 0. The summed E-state index contributed by atoms with van der Waals surface area (Å²) >= 11 is 12.4. The number of carbonyl (C=O) groups excluding carboxylic acids is 1. The predicted octanol–water partition coefficient (Wildman–Crippen LogP) is 5.35. The number of methoxy groups -OCH3 is 2. The maximum Gasteiger partial charge on any atom is 0.252 e. The van der Waals surface area contributed by atoms with Crippen molar-refractivity contribution in [1.29, 1.82) is 0 Å². The standard InChI is InChI=1S/C29H25Cl2N5O4/c1-39-10-7-25(26(37)12-18-3-5-22-23(11-18)33-9-8-32-22)36-15-27(40-2)21(14-29(36)38)20-13-19(30)4-6-24(20)35-16-28(31)34-17-35/h3-6,8-9,11,13-17,25H,7,10,12H2,1-2H3. The summed E-state index contributed by atoms with van der Waals surface area (Å²) in [7, 11) is 3.06. The van der Waals surface area contributed by atoms with E-state index in [1.54, 1.807) is 61.0 Å². The monoisotopic (exact) mass is 577 g/mol. The van der Waals surface area contributed by atoms with E-state index in [9.17, 15) is 9.59 Å². The van der Waals surface area contributed by atoms with Crippen LogP contribution in [0.5, 0.6) is 5.75 Å². The van der Waals surface area contributed by atoms with Crippen LogP contribution in [0.1, 0.15) is 18.0 Å². The lowest BCUT2D eigenvalue weighted by molar-refractivity contribution is -0.122. The van der Waals surface area contributed by atoms with Gasteiger partial charge >= 0.3 is 0 Å². The Morgan fingerprint density at radius 1 is 0.950 bits per heavy atom. The van der Waals surface area contributed by atoms with E-state index >= 15 is 0 Å². The quantitative estimate of drug-likeness (QED) is 0.220. The third-order valence-electron chi connectivity index (χ3n) is 6.56. The number of ketones is 1. The van der Waals surface area contributed by atoms with Crippen LogP contribution in [0.25, 0.3) is 27.8 Å². The van der Waals surface area contributed by atoms with E-state index in [4.69, 9.17) is 32.7 Å². The van der Waals surface area contributed by atoms with Crippen LogP contribution in [-0.2, 0) is 16.0 Å². The zero-order chi connectivity index (χ0) is 28.2. The van der Waals surface area contributed by atoms with Gasteiger partial charge in [-0.05, 0) is 42.3 Å². The Bertz CT molecular complexity index is 1750. The Kier molecular flexibility index (Phi) is 8.25. The highest BCUT2D eigenvalue weighted by Gasteiger charge is 2.24. The van der Waals surface area contributed by atoms with E-state index in [0.29, 0.717) is 44.7 Å². The van der Waals surface area contributed by atoms with Gasteiger partial charge in [-0.15, -0.1) is 0 Å². The first-order valence-electron chi connectivity index (χ1n) is 12.4. The summed E-state index contributed by atoms with van der Waals surface area (Å²) in [6.07, 6.45) is 8.43. The van der Waals surface area contributed by atoms with Crippen molar-refractivity contribution in [2.24, 2.45) is 0 Å². The molecule has 0 amide bonds. The van der Waals surface area contributed by atoms with Gasteiger partial charge < -0.3 is 18.6 Å². The molecular weight excluding hydrogens is 553 g/mol. The zero-order valence-corrected chi connectivity index (χ0v) is 23.3. The highest BCUT2D eigenvalue weighted by atomic mass is 35.5. The summed E-state index contributed by atoms with van der Waals surface area (Å²) in [4.78, 5) is 39.9. The van der Waals surface area contributed by atoms with Gasteiger partial charge in [0, 0.05) is 60.9 Å². The Morgan fingerprint density at radius 3 is 2.48 bits per heavy atom. The number of Topliss-reactive ketones (excluding diaryl/α,β-unsaturated/α-hetero) is 1. The second kappa shape index (κ2) is 12.0. The van der Waals surface area contributed by atoms with Crippen molar-refractivity contribution in [2.45, 2.75) is 18.9 Å². The van der Waals surface area contributed by atoms with Gasteiger partial charge in [0.05, 0.1) is 36.1 Å². The van der Waals surface area contributed by atoms with Gasteiger partial charge in [0.25, 0.3) is 5.56 Å². The molecule has 1 atom stereocenters. The van der Waals surface area contributed by atoms with Crippen molar-refractivity contribution in [1.82, 2.24) is 24.1 Å². The van der Waals surface area contributed by atoms with Crippen LogP contribution in [0.15, 0.2) is 78.4 Å². The fraction of sp³-hybridized carbons (Fsp3) is 0.207. The summed E-state index contributed by atoms with van der Waals surface area (Å²) in [5, 5.41) is 0.797. The van der Waals surface area contributed by atoms with E-state index in [1.807, 2.05) is 18.2 Å². The number of aromatic nitrogens is 5. The number of pyridine rings is 1. The third kappa shape index (κ3) is 5.77. The lowest BCUT2D eigenvalue weighted by Crippen LogP contribution is -2.31. The lowest BCUT2D eigenvalue weighted by atomic mass is 9.99. The molecule has 9 nitrogen and oxygen atoms in total. The van der Waals surface area contributed by atoms with E-state index in [0.717, 1.165) is 11.1 Å². The van der Waals surface area contributed by atoms with Crippen molar-refractivity contribution in [3.63, 3.8) is 0 Å². The molecule has 5 aromatic rings. The first-order chi connectivity index (χ1) is 19.4. The Hall–Kier alpha value is -4.05. The molecule has 0 N–H and O–H groups in total. The molecule has 3 aromatic heterocycles. The van der Waals surface area contributed by atoms with Crippen LogP contribution in [0.4, 0.5) is 0 Å². The molecule has 11 heteroatoms. The first kappa shape index (κ1) is 27.5. The first-order valence-corrected chi connectivity index (χ1v) is 13.1. The molecule has 0 aliphatic carbocycles. The van der Waals surface area contributed by atoms with E-state index in [1.165, 1.54) is 17.7 Å². The summed E-state index contributed by atoms with van der Waals surface area (Å²) in [5.74, 6) is 0.249. The van der Waals surface area contributed by atoms with Gasteiger partial charge in [0.15, 0.2) is 5.78 Å². The topological polar surface area (TPSA) is 101 Å². The smallest absolute Gasteiger partial charge is 0.252 e. The average Bonchev–Trinajstić information content (AvgIpc) is 3.39. The number of benzene rings is 2. The minimum atomic E-state index is -0.778. The summed E-state index contributed by atoms with van der Waals surface area (Å²) in [6, 6.07) is 11.5. The summed E-state index contributed by atoms with van der Waals surface area (Å²) < 4.78 is 14.1. The van der Waals surface area contributed by atoms with Crippen LogP contribution in [-0.4, -0.2) is 50.7 Å². The summed E-state index contributed by atoms with van der Waals surface area (Å²) in [6.45, 7) is 0.288. The van der Waals surface area contributed by atoms with Gasteiger partial charge in [0.1, 0.15) is 17.2 Å². The number of nitrogens with zero attached hydrogens (tertiary/aromatic N) is 5. The van der Waals surface area contributed by atoms with Gasteiger partial charge in [-0.1, -0.05) is 29.3 Å². The Balaban J connectivity index is 1.54. The van der Waals surface area contributed by atoms with E-state index in [-0.39, 0.29) is 24.4 Å². The Morgan fingerprint density at radius 2 is 1.75 bits per heavy atom. The van der Waals surface area contributed by atoms with Crippen LogP contribution < -0.4 is 10.3 Å². The van der Waals surface area contributed by atoms with Crippen molar-refractivity contribution in [3.05, 3.63) is 99.7 Å². The normalized spacial score (nSPS) is 12.0. The second-order valence-corrected chi connectivity index (χ2v) is 9.91. The third-order valence-corrected chi connectivity index (χ3v) is 6.99. The molecule has 0 radical (unpaired) electrons. The summed E-state index contributed by atoms with van der Waals surface area (Å²) in [5.41, 5.74) is 3.69. The minimum Gasteiger partial charge on any atom is -0.495 e. The molecule has 0 spiro atoms. The number of imidazole rings is 1.